The molecule has 2 aromatic carbocycles. The number of carbonyl (C=O) groups excluding carboxylic acids is 2. The topological polar surface area (TPSA) is 124 Å². The van der Waals surface area contributed by atoms with Gasteiger partial charge in [0.05, 0.1) is 31.0 Å². The highest BCUT2D eigenvalue weighted by Crippen LogP contribution is 2.71. The zero-order valence-corrected chi connectivity index (χ0v) is 32.1. The van der Waals surface area contributed by atoms with Crippen LogP contribution in [-0.2, 0) is 25.6 Å². The van der Waals surface area contributed by atoms with Crippen molar-refractivity contribution in [3.8, 4) is 0 Å². The smallest absolute Gasteiger partial charge is 0.456 e. The second-order valence-corrected chi connectivity index (χ2v) is 17.4. The van der Waals surface area contributed by atoms with Gasteiger partial charge in [0.25, 0.3) is 0 Å². The number of halogens is 5. The van der Waals surface area contributed by atoms with Gasteiger partial charge >= 0.3 is 24.2 Å². The number of aliphatic hydroxyl groups is 2. The van der Waals surface area contributed by atoms with Crippen LogP contribution in [0.1, 0.15) is 106 Å². The van der Waals surface area contributed by atoms with Gasteiger partial charge in [-0.1, -0.05) is 50.6 Å². The number of nitrogens with one attached hydrogen (secondary N) is 1. The number of hydrogen-bond acceptors (Lipinski definition) is 8. The lowest BCUT2D eigenvalue weighted by Crippen LogP contribution is -2.65. The summed E-state index contributed by atoms with van der Waals surface area (Å²) in [7, 11) is 0. The van der Waals surface area contributed by atoms with Crippen molar-refractivity contribution in [2.75, 3.05) is 25.1 Å². The van der Waals surface area contributed by atoms with Crippen molar-refractivity contribution in [1.29, 1.82) is 0 Å². The van der Waals surface area contributed by atoms with Gasteiger partial charge in [-0.3, -0.25) is 5.32 Å². The van der Waals surface area contributed by atoms with E-state index in [4.69, 9.17) is 18.9 Å². The van der Waals surface area contributed by atoms with E-state index in [1.807, 2.05) is 13.8 Å². The number of ether oxygens (including phenoxy) is 4. The molecule has 3 saturated carbocycles. The molecule has 1 spiro atoms. The molecule has 5 aliphatic rings. The van der Waals surface area contributed by atoms with Crippen molar-refractivity contribution in [2.24, 2.45) is 22.7 Å². The summed E-state index contributed by atoms with van der Waals surface area (Å²) in [6, 6.07) is 13.0. The summed E-state index contributed by atoms with van der Waals surface area (Å²) in [5, 5.41) is 26.6. The Kier molecular flexibility index (Phi) is 10.2. The second kappa shape index (κ2) is 14.1. The van der Waals surface area contributed by atoms with E-state index in [-0.39, 0.29) is 44.3 Å². The number of allylic oxidation sites excluding steroid dienone is 1. The maximum absolute atomic E-state index is 15.5. The Morgan fingerprint density at radius 2 is 1.55 bits per heavy atom. The van der Waals surface area contributed by atoms with E-state index in [0.717, 1.165) is 11.1 Å². The summed E-state index contributed by atoms with van der Waals surface area (Å²) in [5.41, 5.74) is -3.12. The van der Waals surface area contributed by atoms with Crippen LogP contribution in [-0.4, -0.2) is 71.2 Å². The molecule has 1 heterocycles. The molecule has 0 aromatic heterocycles. The van der Waals surface area contributed by atoms with Gasteiger partial charge < -0.3 is 29.2 Å². The molecule has 2 aromatic rings. The first-order valence-electron chi connectivity index (χ1n) is 19.4. The van der Waals surface area contributed by atoms with Crippen LogP contribution in [0.5, 0.6) is 0 Å². The van der Waals surface area contributed by atoms with Gasteiger partial charge in [-0.15, -0.1) is 0 Å². The Balaban J connectivity index is 1.16. The normalized spacial score (nSPS) is 32.2. The predicted octanol–water partition coefficient (Wildman–Crippen LogP) is 8.84. The molecule has 6 atom stereocenters. The van der Waals surface area contributed by atoms with Crippen LogP contribution in [0.2, 0.25) is 0 Å². The molecule has 56 heavy (non-hydrogen) atoms. The maximum atomic E-state index is 15.5. The van der Waals surface area contributed by atoms with Gasteiger partial charge in [-0.2, -0.15) is 22.0 Å². The highest BCUT2D eigenvalue weighted by molar-refractivity contribution is 5.91. The predicted molar refractivity (Wildman–Crippen MR) is 194 cm³/mol. The van der Waals surface area contributed by atoms with Gasteiger partial charge in [-0.05, 0) is 98.2 Å². The first-order chi connectivity index (χ1) is 26.2. The van der Waals surface area contributed by atoms with Crippen LogP contribution < -0.4 is 5.32 Å². The van der Waals surface area contributed by atoms with Crippen LogP contribution in [0.4, 0.5) is 32.4 Å². The first-order valence-corrected chi connectivity index (χ1v) is 19.4. The van der Waals surface area contributed by atoms with Gasteiger partial charge in [0.1, 0.15) is 12.2 Å². The number of rotatable bonds is 7. The Morgan fingerprint density at radius 3 is 2.18 bits per heavy atom. The Bertz CT molecular complexity index is 1850. The van der Waals surface area contributed by atoms with E-state index in [9.17, 15) is 33.0 Å². The summed E-state index contributed by atoms with van der Waals surface area (Å²) in [6.07, 6.45) is -5.97. The third-order valence-electron chi connectivity index (χ3n) is 13.3. The summed E-state index contributed by atoms with van der Waals surface area (Å²) in [5.74, 6) is -8.62. The number of carbonyl (C=O) groups is 2. The Labute approximate surface area is 322 Å². The van der Waals surface area contributed by atoms with Crippen molar-refractivity contribution >= 4 is 17.7 Å². The molecule has 1 aliphatic heterocycles. The molecule has 3 unspecified atom stereocenters. The quantitative estimate of drug-likeness (QED) is 0.145. The lowest BCUT2D eigenvalue weighted by molar-refractivity contribution is -0.362. The molecular formula is C42H50F5NO8. The van der Waals surface area contributed by atoms with Gasteiger partial charge in [0, 0.05) is 35.3 Å². The molecule has 4 fully saturated rings. The minimum Gasteiger partial charge on any atom is -0.462 e. The fourth-order valence-electron chi connectivity index (χ4n) is 10.4. The van der Waals surface area contributed by atoms with E-state index >= 15 is 8.78 Å². The summed E-state index contributed by atoms with van der Waals surface area (Å²) >= 11 is 0. The van der Waals surface area contributed by atoms with Crippen LogP contribution in [0.3, 0.4) is 0 Å². The van der Waals surface area contributed by atoms with Crippen LogP contribution in [0, 0.1) is 22.7 Å². The molecule has 3 N–H and O–H groups in total. The van der Waals surface area contributed by atoms with Crippen LogP contribution in [0.25, 0.3) is 0 Å². The maximum Gasteiger partial charge on any atom is 0.456 e. The van der Waals surface area contributed by atoms with Crippen LogP contribution in [0.15, 0.2) is 59.7 Å². The number of alkyl halides is 5. The lowest BCUT2D eigenvalue weighted by atomic mass is 9.49. The van der Waals surface area contributed by atoms with Crippen molar-refractivity contribution in [3.63, 3.8) is 0 Å². The zero-order chi connectivity index (χ0) is 40.5. The van der Waals surface area contributed by atoms with Crippen molar-refractivity contribution < 1.29 is 60.7 Å². The fraction of sp³-hybridized carbons (Fsp3) is 0.619. The average Bonchev–Trinajstić information content (AvgIpc) is 3.42. The van der Waals surface area contributed by atoms with Crippen molar-refractivity contribution in [3.05, 3.63) is 76.4 Å². The molecule has 1 amide bonds. The third-order valence-corrected chi connectivity index (χ3v) is 13.3. The molecule has 7 rings (SSSR count). The summed E-state index contributed by atoms with van der Waals surface area (Å²) in [6.45, 7) is 8.14. The van der Waals surface area contributed by atoms with E-state index in [1.54, 1.807) is 31.2 Å². The average molecular weight is 792 g/mol. The van der Waals surface area contributed by atoms with Gasteiger partial charge in [0.2, 0.25) is 0 Å². The van der Waals surface area contributed by atoms with E-state index in [1.165, 1.54) is 31.2 Å². The number of benzene rings is 2. The first kappa shape index (κ1) is 40.6. The molecule has 9 nitrogen and oxygen atoms in total. The molecule has 14 heteroatoms. The van der Waals surface area contributed by atoms with Crippen molar-refractivity contribution in [1.82, 2.24) is 0 Å². The second-order valence-electron chi connectivity index (χ2n) is 17.4. The Hall–Kier alpha value is -3.59. The fourth-order valence-corrected chi connectivity index (χ4v) is 10.4. The molecule has 4 aliphatic carbocycles. The minimum atomic E-state index is -5.95. The SMILES string of the molecule is CCOC(=O)c1ccc(NC(=O)OCc2ccc([C@H]3C[C@@]4(C)C(CC[C@@]4(O)C(F)(F)C(F)(F)F)C4CCC5(O)CC6(CCC5=C43)OCC(C)(C)CO6)cc2)cc1. The molecule has 0 bridgehead atoms. The number of anilines is 1. The molecule has 1 saturated heterocycles. The number of hydrogen-bond donors (Lipinski definition) is 3. The van der Waals surface area contributed by atoms with E-state index in [2.05, 4.69) is 5.32 Å². The monoisotopic (exact) mass is 791 g/mol. The largest absolute Gasteiger partial charge is 0.462 e. The number of esters is 1. The molecular weight excluding hydrogens is 741 g/mol. The van der Waals surface area contributed by atoms with Gasteiger partial charge in [0.15, 0.2) is 5.79 Å². The third kappa shape index (κ3) is 6.81. The van der Waals surface area contributed by atoms with E-state index in [0.29, 0.717) is 54.9 Å². The highest BCUT2D eigenvalue weighted by atomic mass is 19.4. The zero-order valence-electron chi connectivity index (χ0n) is 32.1. The summed E-state index contributed by atoms with van der Waals surface area (Å²) < 4.78 is 96.0. The highest BCUT2D eigenvalue weighted by Gasteiger charge is 2.79. The van der Waals surface area contributed by atoms with Gasteiger partial charge in [-0.25, -0.2) is 9.59 Å². The molecule has 306 valence electrons. The number of amides is 1. The van der Waals surface area contributed by atoms with E-state index < -0.39 is 70.7 Å². The summed E-state index contributed by atoms with van der Waals surface area (Å²) in [4.78, 5) is 24.5. The molecule has 0 radical (unpaired) electrons. The number of fused-ring (bicyclic) bond motifs is 4. The van der Waals surface area contributed by atoms with Crippen molar-refractivity contribution in [2.45, 2.75) is 121 Å². The standard InChI is InChI=1S/C42H50F5NO8/c1-5-53-34(49)27-10-12-28(13-11-27)48-35(50)54-21-25-6-8-26(9-7-25)30-20-37(4)31(16-19-40(37,52)41(43,44)42(45,46)47)29-14-17-38(51)22-39(18-15-32(38)33(29)30)55-23-36(2,3)24-56-39/h6-13,29-31,51-52H,5,14-24H2,1-4H3,(H,48,50)/t29?,30-,31?,37+,38?,40+/m1/s1. The van der Waals surface area contributed by atoms with Crippen LogP contribution >= 0.6 is 0 Å². The minimum absolute atomic E-state index is 0.00953. The lowest BCUT2D eigenvalue weighted by Gasteiger charge is -2.59. The Morgan fingerprint density at radius 1 is 0.893 bits per heavy atom.